The molecular formula is C15H14ClN3O2S2. The van der Waals surface area contributed by atoms with Crippen LogP contribution in [0, 0.1) is 0 Å². The molecule has 0 spiro atoms. The van der Waals surface area contributed by atoms with Crippen molar-refractivity contribution in [2.45, 2.75) is 7.43 Å². The summed E-state index contributed by atoms with van der Waals surface area (Å²) in [5, 5.41) is 6.29. The zero-order valence-corrected chi connectivity index (χ0v) is 13.5. The van der Waals surface area contributed by atoms with Crippen molar-refractivity contribution in [3.05, 3.63) is 67.4 Å². The second-order valence-electron chi connectivity index (χ2n) is 3.53. The minimum absolute atomic E-state index is 0. The lowest BCUT2D eigenvalue weighted by molar-refractivity contribution is -0.113. The number of hydrogen-bond acceptors (Lipinski definition) is 4. The van der Waals surface area contributed by atoms with Gasteiger partial charge in [-0.3, -0.25) is 9.59 Å². The van der Waals surface area contributed by atoms with Crippen molar-refractivity contribution in [1.29, 1.82) is 0 Å². The fraction of sp³-hybridized carbons (Fsp3) is 0.0667. The highest BCUT2D eigenvalue weighted by atomic mass is 35.5. The quantitative estimate of drug-likeness (QED) is 0.226. The van der Waals surface area contributed by atoms with Gasteiger partial charge in [0, 0.05) is 14.7 Å². The third kappa shape index (κ3) is 10.2. The van der Waals surface area contributed by atoms with Gasteiger partial charge in [0.2, 0.25) is 11.1 Å². The first kappa shape index (κ1) is 20.8. The Morgan fingerprint density at radius 1 is 1.09 bits per heavy atom. The van der Waals surface area contributed by atoms with E-state index >= 15 is 0 Å². The van der Waals surface area contributed by atoms with E-state index in [1.807, 2.05) is 35.0 Å². The van der Waals surface area contributed by atoms with Crippen LogP contribution in [0.15, 0.2) is 52.3 Å². The fourth-order valence-corrected chi connectivity index (χ4v) is 2.45. The molecule has 2 rings (SSSR count). The number of halogens is 1. The molecule has 1 amide bonds. The summed E-state index contributed by atoms with van der Waals surface area (Å²) in [5.41, 5.74) is 7.90. The van der Waals surface area contributed by atoms with Gasteiger partial charge in [0.1, 0.15) is 0 Å². The summed E-state index contributed by atoms with van der Waals surface area (Å²) in [6.45, 7) is 0. The molecular weight excluding hydrogens is 354 g/mol. The van der Waals surface area contributed by atoms with Crippen LogP contribution in [0.5, 0.6) is 0 Å². The van der Waals surface area contributed by atoms with Gasteiger partial charge in [-0.15, -0.1) is 22.7 Å². The zero-order chi connectivity index (χ0) is 16.2. The molecule has 0 saturated carbocycles. The van der Waals surface area contributed by atoms with Crippen LogP contribution in [-0.2, 0) is 9.59 Å². The van der Waals surface area contributed by atoms with E-state index in [2.05, 4.69) is 10.0 Å². The Morgan fingerprint density at radius 3 is 2.00 bits per heavy atom. The van der Waals surface area contributed by atoms with Gasteiger partial charge in [0.25, 0.3) is 0 Å². The summed E-state index contributed by atoms with van der Waals surface area (Å²) in [5.74, 6) is -0.578. The Labute approximate surface area is 147 Å². The zero-order valence-electron chi connectivity index (χ0n) is 11.1. The first-order chi connectivity index (χ1) is 10.6. The maximum absolute atomic E-state index is 10.6. The van der Waals surface area contributed by atoms with E-state index in [1.54, 1.807) is 23.5 Å². The summed E-state index contributed by atoms with van der Waals surface area (Å²) in [6.07, 6.45) is 5.89. The van der Waals surface area contributed by atoms with Crippen LogP contribution in [0.25, 0.3) is 22.6 Å². The van der Waals surface area contributed by atoms with Gasteiger partial charge >= 0.3 is 0 Å². The van der Waals surface area contributed by atoms with Crippen LogP contribution >= 0.6 is 34.3 Å². The van der Waals surface area contributed by atoms with Gasteiger partial charge in [-0.25, -0.2) is 0 Å². The van der Waals surface area contributed by atoms with Crippen LogP contribution in [0.1, 0.15) is 17.2 Å². The molecule has 0 aliphatic heterocycles. The van der Waals surface area contributed by atoms with Crippen molar-refractivity contribution in [3.63, 3.8) is 0 Å². The molecule has 0 saturated heterocycles. The van der Waals surface area contributed by atoms with E-state index < -0.39 is 11.1 Å². The molecule has 0 atom stereocenters. The molecule has 0 aromatic carbocycles. The van der Waals surface area contributed by atoms with Crippen molar-refractivity contribution >= 4 is 57.6 Å². The van der Waals surface area contributed by atoms with Crippen molar-refractivity contribution in [1.82, 2.24) is 0 Å². The first-order valence-corrected chi connectivity index (χ1v) is 7.97. The second-order valence-corrected chi connectivity index (χ2v) is 5.86. The van der Waals surface area contributed by atoms with Gasteiger partial charge < -0.3 is 0 Å². The predicted octanol–water partition coefficient (Wildman–Crippen LogP) is 5.76. The molecule has 0 N–H and O–H groups in total. The van der Waals surface area contributed by atoms with E-state index in [4.69, 9.17) is 17.1 Å². The van der Waals surface area contributed by atoms with Crippen molar-refractivity contribution in [2.24, 2.45) is 5.11 Å². The lowest BCUT2D eigenvalue weighted by atomic mass is 10.4. The number of carbonyl (C=O) groups is 2. The molecule has 0 aliphatic rings. The molecule has 0 aliphatic carbocycles. The van der Waals surface area contributed by atoms with Gasteiger partial charge in [-0.1, -0.05) is 19.6 Å². The largest absolute Gasteiger partial charge is 0.288 e. The van der Waals surface area contributed by atoms with E-state index in [1.165, 1.54) is 23.5 Å². The molecule has 0 unspecified atom stereocenters. The molecule has 5 nitrogen and oxygen atoms in total. The summed E-state index contributed by atoms with van der Waals surface area (Å²) < 4.78 is 0. The number of thiophene rings is 2. The van der Waals surface area contributed by atoms with Gasteiger partial charge in [-0.05, 0) is 69.4 Å². The van der Waals surface area contributed by atoms with Crippen molar-refractivity contribution < 1.29 is 9.59 Å². The lowest BCUT2D eigenvalue weighted by Crippen LogP contribution is -1.80. The van der Waals surface area contributed by atoms with Crippen LogP contribution in [-0.4, -0.2) is 11.1 Å². The van der Waals surface area contributed by atoms with Crippen molar-refractivity contribution in [3.8, 4) is 0 Å². The van der Waals surface area contributed by atoms with Crippen LogP contribution in [0.4, 0.5) is 0 Å². The maximum atomic E-state index is 10.6. The molecule has 2 heterocycles. The summed E-state index contributed by atoms with van der Waals surface area (Å²) >= 11 is 8.15. The standard InChI is InChI=1S/C7H5ClOS.C7H5N3OS.CH4/c8-7(9)4-3-6-2-1-5-10-6;8-10-9-7(11)4-3-6-2-1-5-12-6;/h1-5H;1-5H;1H4/b2*4-3+;. The topological polar surface area (TPSA) is 82.9 Å². The highest BCUT2D eigenvalue weighted by molar-refractivity contribution is 7.11. The maximum Gasteiger partial charge on any atom is 0.245 e. The first-order valence-electron chi connectivity index (χ1n) is 5.83. The Hall–Kier alpha value is -2.18. The van der Waals surface area contributed by atoms with Crippen LogP contribution < -0.4 is 0 Å². The minimum Gasteiger partial charge on any atom is -0.288 e. The molecule has 0 fully saturated rings. The molecule has 0 bridgehead atoms. The molecule has 2 aromatic heterocycles. The Balaban J connectivity index is 0.000000409. The van der Waals surface area contributed by atoms with E-state index in [9.17, 15) is 9.59 Å². The summed E-state index contributed by atoms with van der Waals surface area (Å²) in [7, 11) is 0. The Bertz CT molecular complexity index is 701. The van der Waals surface area contributed by atoms with E-state index in [0.717, 1.165) is 9.75 Å². The minimum atomic E-state index is -0.578. The summed E-state index contributed by atoms with van der Waals surface area (Å²) in [6, 6.07) is 7.58. The van der Waals surface area contributed by atoms with Crippen molar-refractivity contribution in [2.75, 3.05) is 0 Å². The number of allylic oxidation sites excluding steroid dienone is 1. The Kier molecular flexibility index (Phi) is 11.2. The second kappa shape index (κ2) is 12.4. The number of azide groups is 1. The Morgan fingerprint density at radius 2 is 1.61 bits per heavy atom. The number of hydrogen-bond donors (Lipinski definition) is 0. The van der Waals surface area contributed by atoms with Gasteiger partial charge in [0.15, 0.2) is 0 Å². The fourth-order valence-electron chi connectivity index (χ4n) is 1.15. The number of carbonyl (C=O) groups excluding carboxylic acids is 2. The highest BCUT2D eigenvalue weighted by Gasteiger charge is 1.90. The number of rotatable bonds is 4. The lowest BCUT2D eigenvalue weighted by Gasteiger charge is -1.79. The predicted molar refractivity (Wildman–Crippen MR) is 98.5 cm³/mol. The monoisotopic (exact) mass is 367 g/mol. The SMILES string of the molecule is C.O=C(Cl)/C=C/c1cccs1.[N-]=[N+]=NC(=O)/C=C/c1cccs1. The molecule has 120 valence electrons. The third-order valence-electron chi connectivity index (χ3n) is 2.00. The van der Waals surface area contributed by atoms with E-state index in [-0.39, 0.29) is 7.43 Å². The molecule has 2 aromatic rings. The number of amides is 1. The van der Waals surface area contributed by atoms with Crippen LogP contribution in [0.3, 0.4) is 0 Å². The highest BCUT2D eigenvalue weighted by Crippen LogP contribution is 2.10. The molecule has 23 heavy (non-hydrogen) atoms. The smallest absolute Gasteiger partial charge is 0.245 e. The third-order valence-corrected chi connectivity index (χ3v) is 3.80. The number of nitrogens with zero attached hydrogens (tertiary/aromatic N) is 3. The van der Waals surface area contributed by atoms with Gasteiger partial charge in [0.05, 0.1) is 0 Å². The molecule has 8 heteroatoms. The average molecular weight is 368 g/mol. The van der Waals surface area contributed by atoms with E-state index in [0.29, 0.717) is 0 Å². The summed E-state index contributed by atoms with van der Waals surface area (Å²) in [4.78, 5) is 25.2. The average Bonchev–Trinajstić information content (AvgIpc) is 3.17. The van der Waals surface area contributed by atoms with Crippen LogP contribution in [0.2, 0.25) is 0 Å². The normalized spacial score (nSPS) is 9.61. The van der Waals surface area contributed by atoms with Gasteiger partial charge in [-0.2, -0.15) is 0 Å². The molecule has 0 radical (unpaired) electrons.